The fraction of sp³-hybridized carbons (Fsp3) is 0.890. The Morgan fingerprint density at radius 1 is 0.391 bits per heavy atom. The lowest BCUT2D eigenvalue weighted by Crippen LogP contribution is -2.45. The van der Waals surface area contributed by atoms with Crippen molar-refractivity contribution in [2.45, 2.75) is 229 Å². The molecule has 0 N–H and O–H groups in total. The number of carbonyl (C=O) groups excluding carboxylic acids is 9. The summed E-state index contributed by atoms with van der Waals surface area (Å²) in [4.78, 5) is 109. The summed E-state index contributed by atoms with van der Waals surface area (Å²) < 4.78 is 119. The van der Waals surface area contributed by atoms with Crippen LogP contribution in [0, 0.1) is 195 Å². The molecule has 0 amide bonds. The van der Waals surface area contributed by atoms with Crippen molar-refractivity contribution >= 4 is 74.0 Å². The summed E-state index contributed by atoms with van der Waals surface area (Å²) in [6, 6.07) is 0. The largest absolute Gasteiger partial charge is 0.465 e. The van der Waals surface area contributed by atoms with Crippen molar-refractivity contribution in [3.63, 3.8) is 0 Å². The smallest absolute Gasteiger partial charge is 0.310 e. The molecule has 110 heavy (non-hydrogen) atoms. The first kappa shape index (κ1) is 73.8. The van der Waals surface area contributed by atoms with Crippen LogP contribution in [0.2, 0.25) is 0 Å². The van der Waals surface area contributed by atoms with E-state index in [1.807, 2.05) is 13.8 Å². The summed E-state index contributed by atoms with van der Waals surface area (Å²) in [5.74, 6) is 7.31. The first-order chi connectivity index (χ1) is 52.5. The zero-order valence-corrected chi connectivity index (χ0v) is 65.8. The van der Waals surface area contributed by atoms with Crippen LogP contribution in [-0.4, -0.2) is 175 Å². The normalized spacial score (nSPS) is 55.4. The zero-order valence-electron chi connectivity index (χ0n) is 64.1. The Kier molecular flexibility index (Phi) is 17.4. The molecule has 15 aliphatic carbocycles. The zero-order chi connectivity index (χ0) is 76.6. The van der Waals surface area contributed by atoms with Crippen molar-refractivity contribution in [3.8, 4) is 0 Å². The molecule has 25 aliphatic rings. The van der Waals surface area contributed by atoms with Crippen LogP contribution < -0.4 is 0 Å². The molecule has 0 aromatic rings. The van der Waals surface area contributed by atoms with E-state index < -0.39 is 91.1 Å². The summed E-state index contributed by atoms with van der Waals surface area (Å²) in [6.07, 6.45) is 11.0. The second-order valence-corrected chi connectivity index (χ2v) is 42.9. The highest BCUT2D eigenvalue weighted by Gasteiger charge is 2.74. The van der Waals surface area contributed by atoms with Gasteiger partial charge in [-0.3, -0.25) is 51.5 Å². The van der Waals surface area contributed by atoms with Gasteiger partial charge < -0.3 is 52.1 Å². The summed E-state index contributed by atoms with van der Waals surface area (Å²) in [7, 11) is -5.40. The SMILES string of the molecule is CC1C(C)C2CC1C1COC(=O)C21.CC1C2CC3C1OC(=O)C3C2C(=O)OC1C2CC3C(O2)C1OS3(=O)=O.CC1C2CC3C1OC(=O)C3C2C(=O)OC1C2CC3C1OS(=O)(=O)C3C2.CC1CC2CC1C1COC(=O)C21.CCC1(OC(=O)C2C3CC4C(OC(=O)C42)C3C)CCCC1.COC1C(C)C2CC1C1C(=O)OCC21. The van der Waals surface area contributed by atoms with E-state index in [2.05, 4.69) is 41.5 Å². The highest BCUT2D eigenvalue weighted by Crippen LogP contribution is 2.67. The maximum atomic E-state index is 12.9. The van der Waals surface area contributed by atoms with Crippen LogP contribution in [0.25, 0.3) is 0 Å². The van der Waals surface area contributed by atoms with Gasteiger partial charge in [0.25, 0.3) is 20.2 Å². The first-order valence-corrected chi connectivity index (χ1v) is 45.2. The molecule has 0 aromatic carbocycles. The van der Waals surface area contributed by atoms with Crippen LogP contribution in [0.4, 0.5) is 0 Å². The van der Waals surface area contributed by atoms with E-state index in [-0.39, 0.29) is 167 Å². The average Bonchev–Trinajstić information content (AvgIpc) is 1.54. The van der Waals surface area contributed by atoms with Crippen molar-refractivity contribution in [1.82, 2.24) is 0 Å². The Balaban J connectivity index is 0.0000000884. The Morgan fingerprint density at radius 2 is 0.845 bits per heavy atom. The monoisotopic (exact) mass is 1570 g/mol. The van der Waals surface area contributed by atoms with Gasteiger partial charge >= 0.3 is 53.7 Å². The molecule has 10 aliphatic heterocycles. The van der Waals surface area contributed by atoms with E-state index in [4.69, 9.17) is 60.5 Å². The molecular weight excluding hydrogens is 1470 g/mol. The molecule has 10 heterocycles. The van der Waals surface area contributed by atoms with Gasteiger partial charge in [-0.15, -0.1) is 0 Å². The quantitative estimate of drug-likeness (QED) is 0.134. The minimum absolute atomic E-state index is 0.0245. The predicted octanol–water partition coefficient (Wildman–Crippen LogP) is 7.01. The number of methoxy groups -OCH3 is 1. The standard InChI is InChI=1S/C17H20O7S.C17H24O4.C16H18O8S.C11H16O3.C11H16O2.C10H14O2/c1-5-7-4-9-12(17(19)22-13(5)9)11(7)16(18)23-14-6-2-8-10(3-6)25(20,21)24-15(8)14;1-3-17(6-4-5-7-17)21-16(19)12-10-8-11-13(12)15(18)20-14(11)9(10)2;1-4-5-2-6-10(16(18)22-11(4)6)9(5)15(17)23-12-7-3-8-13(21-7)14(12)24-25(8,19)20;1-5-6-3-7(10(5)13-2)9-8(6)4-14-11(9)12;1-5-6(2)8-3-7(5)9-4-13-11(12)10(8)9;1-5-2-6-3-7(5)8-4-12-10(11)9(6)8/h5-15H,2-4H2,1H3;9-14H,3-8H2,1-2H3;4-14H,2-3H2,1H3;5-10H,3-4H2,1-2H3;5-10H,3-4H2,1-2H3;5-9H,2-4H2,1H3. The molecule has 25 rings (SSSR count). The molecule has 45 atom stereocenters. The van der Waals surface area contributed by atoms with Crippen LogP contribution in [0.15, 0.2) is 0 Å². The molecule has 25 fully saturated rings. The van der Waals surface area contributed by atoms with Crippen molar-refractivity contribution < 1.29 is 120 Å². The van der Waals surface area contributed by atoms with E-state index in [0.717, 1.165) is 94.0 Å². The van der Waals surface area contributed by atoms with Crippen molar-refractivity contribution in [2.24, 2.45) is 195 Å². The van der Waals surface area contributed by atoms with Crippen molar-refractivity contribution in [1.29, 1.82) is 0 Å². The molecule has 10 saturated heterocycles. The van der Waals surface area contributed by atoms with Gasteiger partial charge in [-0.2, -0.15) is 16.8 Å². The second kappa shape index (κ2) is 26.0. The third-order valence-corrected chi connectivity index (χ3v) is 39.1. The number of carbonyl (C=O) groups is 9. The van der Waals surface area contributed by atoms with Crippen molar-refractivity contribution in [3.05, 3.63) is 0 Å². The number of hydrogen-bond acceptors (Lipinski definition) is 26. The van der Waals surface area contributed by atoms with E-state index in [0.29, 0.717) is 85.2 Å². The molecular formula is C82H108O26S2. The van der Waals surface area contributed by atoms with Gasteiger partial charge in [-0.25, -0.2) is 0 Å². The average molecular weight is 1570 g/mol. The van der Waals surface area contributed by atoms with Gasteiger partial charge in [0.15, 0.2) is 6.10 Å². The van der Waals surface area contributed by atoms with Crippen LogP contribution in [0.3, 0.4) is 0 Å². The van der Waals surface area contributed by atoms with E-state index in [9.17, 15) is 60.0 Å². The van der Waals surface area contributed by atoms with Gasteiger partial charge in [-0.05, 0) is 191 Å². The summed E-state index contributed by atoms with van der Waals surface area (Å²) in [5.41, 5.74) is -0.260. The van der Waals surface area contributed by atoms with Gasteiger partial charge in [0, 0.05) is 54.5 Å². The second-order valence-electron chi connectivity index (χ2n) is 39.3. The lowest BCUT2D eigenvalue weighted by molar-refractivity contribution is -0.170. The van der Waals surface area contributed by atoms with Crippen LogP contribution in [0.5, 0.6) is 0 Å². The number of fused-ring (bicyclic) bond motifs is 20. The topological polar surface area (TPSA) is 342 Å². The van der Waals surface area contributed by atoms with Crippen LogP contribution >= 0.6 is 0 Å². The minimum Gasteiger partial charge on any atom is -0.465 e. The molecule has 0 radical (unpaired) electrons. The third-order valence-electron chi connectivity index (χ3n) is 35.7. The van der Waals surface area contributed by atoms with E-state index in [1.54, 1.807) is 7.11 Å². The van der Waals surface area contributed by atoms with Gasteiger partial charge in [0.1, 0.15) is 53.6 Å². The maximum Gasteiger partial charge on any atom is 0.310 e. The molecule has 0 spiro atoms. The Morgan fingerprint density at radius 3 is 1.39 bits per heavy atom. The fourth-order valence-electron chi connectivity index (χ4n) is 30.5. The lowest BCUT2D eigenvalue weighted by Gasteiger charge is -2.33. The van der Waals surface area contributed by atoms with Crippen molar-refractivity contribution in [2.75, 3.05) is 26.9 Å². The maximum absolute atomic E-state index is 12.9. The fourth-order valence-corrected chi connectivity index (χ4v) is 34.0. The van der Waals surface area contributed by atoms with E-state index >= 15 is 0 Å². The molecule has 0 aromatic heterocycles. The summed E-state index contributed by atoms with van der Waals surface area (Å²) in [5, 5.41) is -1.07. The highest BCUT2D eigenvalue weighted by molar-refractivity contribution is 7.88. The van der Waals surface area contributed by atoms with Crippen LogP contribution in [0.1, 0.15) is 152 Å². The Labute approximate surface area is 642 Å². The molecule has 45 unspecified atom stereocenters. The lowest BCUT2D eigenvalue weighted by atomic mass is 9.71. The predicted molar refractivity (Wildman–Crippen MR) is 376 cm³/mol. The molecule has 15 saturated carbocycles. The van der Waals surface area contributed by atoms with Gasteiger partial charge in [0.2, 0.25) is 0 Å². The number of rotatable bonds is 8. The molecule has 28 heteroatoms. The highest BCUT2D eigenvalue weighted by atomic mass is 32.2. The molecule has 604 valence electrons. The number of esters is 9. The number of cyclic esters (lactones) is 3. The molecule has 16 bridgehead atoms. The van der Waals surface area contributed by atoms with Crippen LogP contribution in [-0.2, 0) is 124 Å². The van der Waals surface area contributed by atoms with Gasteiger partial charge in [-0.1, -0.05) is 55.4 Å². The van der Waals surface area contributed by atoms with Gasteiger partial charge in [0.05, 0.1) is 90.5 Å². The number of ether oxygens (including phenoxy) is 11. The third kappa shape index (κ3) is 10.5. The summed E-state index contributed by atoms with van der Waals surface area (Å²) >= 11 is 0. The Bertz CT molecular complexity index is 3970. The number of hydrogen-bond donors (Lipinski definition) is 0. The Hall–Kier alpha value is -5.03. The van der Waals surface area contributed by atoms with E-state index in [1.165, 1.54) is 25.7 Å². The summed E-state index contributed by atoms with van der Waals surface area (Å²) in [6.45, 7) is 19.6. The first-order valence-electron chi connectivity index (χ1n) is 42.3. The minimum atomic E-state index is -3.64. The molecule has 26 nitrogen and oxygen atoms in total.